The van der Waals surface area contributed by atoms with E-state index in [0.717, 1.165) is 11.3 Å². The minimum Gasteiger partial charge on any atom is -0.489 e. The van der Waals surface area contributed by atoms with Crippen LogP contribution in [0.25, 0.3) is 0 Å². The van der Waals surface area contributed by atoms with Gasteiger partial charge in [0, 0.05) is 17.7 Å². The van der Waals surface area contributed by atoms with Gasteiger partial charge in [-0.25, -0.2) is 4.39 Å². The molecule has 1 unspecified atom stereocenters. The Hall–Kier alpha value is -2.36. The first kappa shape index (κ1) is 13.6. The van der Waals surface area contributed by atoms with Crippen molar-refractivity contribution in [1.82, 2.24) is 4.90 Å². The number of hydrogen-bond donors (Lipinski definition) is 0. The first-order valence-electron chi connectivity index (χ1n) is 6.93. The molecule has 3 nitrogen and oxygen atoms in total. The van der Waals surface area contributed by atoms with Crippen LogP contribution in [0.1, 0.15) is 22.8 Å². The van der Waals surface area contributed by atoms with E-state index in [0.29, 0.717) is 18.7 Å². The molecule has 3 rings (SSSR count). The van der Waals surface area contributed by atoms with Crippen molar-refractivity contribution in [1.29, 1.82) is 0 Å². The summed E-state index contributed by atoms with van der Waals surface area (Å²) < 4.78 is 18.8. The average Bonchev–Trinajstić information content (AvgIpc) is 2.65. The molecule has 0 spiro atoms. The first-order chi connectivity index (χ1) is 10.1. The molecule has 0 aliphatic carbocycles. The van der Waals surface area contributed by atoms with E-state index in [9.17, 15) is 9.18 Å². The van der Waals surface area contributed by atoms with E-state index >= 15 is 0 Å². The molecule has 108 valence electrons. The zero-order valence-corrected chi connectivity index (χ0v) is 11.8. The monoisotopic (exact) mass is 285 g/mol. The number of rotatable bonds is 1. The Labute approximate surface area is 123 Å². The van der Waals surface area contributed by atoms with E-state index in [4.69, 9.17) is 4.74 Å². The highest BCUT2D eigenvalue weighted by Crippen LogP contribution is 2.25. The van der Waals surface area contributed by atoms with Crippen molar-refractivity contribution >= 4 is 5.91 Å². The molecular weight excluding hydrogens is 269 g/mol. The van der Waals surface area contributed by atoms with Crippen molar-refractivity contribution in [3.8, 4) is 5.75 Å². The van der Waals surface area contributed by atoms with E-state index < -0.39 is 0 Å². The van der Waals surface area contributed by atoms with Gasteiger partial charge in [0.25, 0.3) is 5.91 Å². The molecule has 0 saturated carbocycles. The minimum absolute atomic E-state index is 0.0851. The van der Waals surface area contributed by atoms with Gasteiger partial charge in [-0.1, -0.05) is 18.2 Å². The molecule has 21 heavy (non-hydrogen) atoms. The number of hydrogen-bond acceptors (Lipinski definition) is 2. The molecule has 1 atom stereocenters. The molecule has 0 saturated heterocycles. The normalized spacial score (nSPS) is 17.6. The number of benzene rings is 2. The highest BCUT2D eigenvalue weighted by molar-refractivity contribution is 5.94. The molecule has 0 bridgehead atoms. The summed E-state index contributed by atoms with van der Waals surface area (Å²) >= 11 is 0. The molecule has 0 radical (unpaired) electrons. The Balaban J connectivity index is 1.88. The van der Waals surface area contributed by atoms with Gasteiger partial charge in [0.15, 0.2) is 0 Å². The van der Waals surface area contributed by atoms with Crippen molar-refractivity contribution in [2.75, 3.05) is 6.54 Å². The van der Waals surface area contributed by atoms with Crippen LogP contribution in [0.3, 0.4) is 0 Å². The summed E-state index contributed by atoms with van der Waals surface area (Å²) in [7, 11) is 0. The number of carbonyl (C=O) groups is 1. The predicted molar refractivity (Wildman–Crippen MR) is 77.7 cm³/mol. The molecule has 1 heterocycles. The van der Waals surface area contributed by atoms with E-state index in [2.05, 4.69) is 0 Å². The SMILES string of the molecule is CC1CN(C(=O)c2ccc(F)cc2)Cc2ccccc2O1. The van der Waals surface area contributed by atoms with Gasteiger partial charge >= 0.3 is 0 Å². The summed E-state index contributed by atoms with van der Waals surface area (Å²) in [4.78, 5) is 14.3. The standard InChI is InChI=1S/C17H16FNO2/c1-12-10-19(11-14-4-2-3-5-16(14)21-12)17(20)13-6-8-15(18)9-7-13/h2-9,12H,10-11H2,1H3. The number of ether oxygens (including phenoxy) is 1. The van der Waals surface area contributed by atoms with Crippen LogP contribution in [0.5, 0.6) is 5.75 Å². The van der Waals surface area contributed by atoms with Crippen LogP contribution in [-0.4, -0.2) is 23.5 Å². The minimum atomic E-state index is -0.343. The molecule has 2 aromatic carbocycles. The molecule has 0 aromatic heterocycles. The predicted octanol–water partition coefficient (Wildman–Crippen LogP) is 3.25. The van der Waals surface area contributed by atoms with E-state index in [-0.39, 0.29) is 17.8 Å². The number of para-hydroxylation sites is 1. The Morgan fingerprint density at radius 1 is 1.19 bits per heavy atom. The topological polar surface area (TPSA) is 29.5 Å². The Morgan fingerprint density at radius 2 is 1.90 bits per heavy atom. The Kier molecular flexibility index (Phi) is 3.60. The average molecular weight is 285 g/mol. The van der Waals surface area contributed by atoms with Crippen molar-refractivity contribution in [3.63, 3.8) is 0 Å². The second kappa shape index (κ2) is 5.56. The van der Waals surface area contributed by atoms with Gasteiger partial charge in [-0.3, -0.25) is 4.79 Å². The number of nitrogens with zero attached hydrogens (tertiary/aromatic N) is 1. The lowest BCUT2D eigenvalue weighted by atomic mass is 10.1. The number of carbonyl (C=O) groups excluding carboxylic acids is 1. The smallest absolute Gasteiger partial charge is 0.254 e. The van der Waals surface area contributed by atoms with Crippen molar-refractivity contribution in [2.45, 2.75) is 19.6 Å². The van der Waals surface area contributed by atoms with Crippen LogP contribution in [-0.2, 0) is 6.54 Å². The van der Waals surface area contributed by atoms with Crippen LogP contribution in [0.4, 0.5) is 4.39 Å². The highest BCUT2D eigenvalue weighted by atomic mass is 19.1. The van der Waals surface area contributed by atoms with Crippen molar-refractivity contribution < 1.29 is 13.9 Å². The molecule has 4 heteroatoms. The lowest BCUT2D eigenvalue weighted by Crippen LogP contribution is -2.36. The van der Waals surface area contributed by atoms with Gasteiger partial charge in [0.05, 0.1) is 6.54 Å². The third kappa shape index (κ3) is 2.89. The maximum atomic E-state index is 13.0. The molecule has 1 aliphatic heterocycles. The maximum Gasteiger partial charge on any atom is 0.254 e. The maximum absolute atomic E-state index is 13.0. The van der Waals surface area contributed by atoms with Gasteiger partial charge < -0.3 is 9.64 Å². The summed E-state index contributed by atoms with van der Waals surface area (Å²) in [6.07, 6.45) is -0.0851. The van der Waals surface area contributed by atoms with Crippen LogP contribution in [0, 0.1) is 5.82 Å². The number of halogens is 1. The second-order valence-electron chi connectivity index (χ2n) is 5.23. The fraction of sp³-hybridized carbons (Fsp3) is 0.235. The summed E-state index contributed by atoms with van der Waals surface area (Å²) in [5, 5.41) is 0. The number of fused-ring (bicyclic) bond motifs is 1. The van der Waals surface area contributed by atoms with Crippen LogP contribution >= 0.6 is 0 Å². The molecular formula is C17H16FNO2. The Morgan fingerprint density at radius 3 is 2.67 bits per heavy atom. The van der Waals surface area contributed by atoms with Crippen LogP contribution < -0.4 is 4.74 Å². The fourth-order valence-electron chi connectivity index (χ4n) is 2.51. The summed E-state index contributed by atoms with van der Waals surface area (Å²) in [5.41, 5.74) is 1.47. The second-order valence-corrected chi connectivity index (χ2v) is 5.23. The van der Waals surface area contributed by atoms with Crippen molar-refractivity contribution in [2.24, 2.45) is 0 Å². The molecule has 2 aromatic rings. The molecule has 0 N–H and O–H groups in total. The zero-order valence-electron chi connectivity index (χ0n) is 11.8. The largest absolute Gasteiger partial charge is 0.489 e. The Bertz CT molecular complexity index is 654. The highest BCUT2D eigenvalue weighted by Gasteiger charge is 2.24. The van der Waals surface area contributed by atoms with E-state index in [1.807, 2.05) is 31.2 Å². The number of amides is 1. The van der Waals surface area contributed by atoms with Gasteiger partial charge in [0.2, 0.25) is 0 Å². The zero-order chi connectivity index (χ0) is 14.8. The lowest BCUT2D eigenvalue weighted by Gasteiger charge is -2.22. The third-order valence-electron chi connectivity index (χ3n) is 3.52. The first-order valence-corrected chi connectivity index (χ1v) is 6.93. The summed E-state index contributed by atoms with van der Waals surface area (Å²) in [5.74, 6) is 0.367. The quantitative estimate of drug-likeness (QED) is 0.805. The molecule has 1 amide bonds. The van der Waals surface area contributed by atoms with Gasteiger partial charge in [-0.2, -0.15) is 0 Å². The summed E-state index contributed by atoms with van der Waals surface area (Å²) in [6.45, 7) is 2.94. The third-order valence-corrected chi connectivity index (χ3v) is 3.52. The lowest BCUT2D eigenvalue weighted by molar-refractivity contribution is 0.0690. The van der Waals surface area contributed by atoms with Gasteiger partial charge in [-0.05, 0) is 37.3 Å². The van der Waals surface area contributed by atoms with Crippen LogP contribution in [0.15, 0.2) is 48.5 Å². The van der Waals surface area contributed by atoms with Crippen LogP contribution in [0.2, 0.25) is 0 Å². The van der Waals surface area contributed by atoms with Gasteiger partial charge in [0.1, 0.15) is 17.7 Å². The fourth-order valence-corrected chi connectivity index (χ4v) is 2.51. The van der Waals surface area contributed by atoms with E-state index in [1.165, 1.54) is 24.3 Å². The van der Waals surface area contributed by atoms with Gasteiger partial charge in [-0.15, -0.1) is 0 Å². The molecule has 1 aliphatic rings. The summed E-state index contributed by atoms with van der Waals surface area (Å²) in [6, 6.07) is 13.4. The van der Waals surface area contributed by atoms with E-state index in [1.54, 1.807) is 4.90 Å². The molecule has 0 fully saturated rings. The van der Waals surface area contributed by atoms with Crippen molar-refractivity contribution in [3.05, 3.63) is 65.5 Å².